The third-order valence-corrected chi connectivity index (χ3v) is 4.52. The third kappa shape index (κ3) is 2.41. The van der Waals surface area contributed by atoms with Crippen molar-refractivity contribution in [3.05, 3.63) is 76.6 Å². The summed E-state index contributed by atoms with van der Waals surface area (Å²) in [5.74, 6) is -1.03. The van der Waals surface area contributed by atoms with Gasteiger partial charge in [-0.25, -0.2) is 9.78 Å². The number of pyridine rings is 1. The number of hydrogen-bond acceptors (Lipinski definition) is 2. The van der Waals surface area contributed by atoms with Crippen LogP contribution < -0.4 is 0 Å². The normalized spacial score (nSPS) is 11.2. The zero-order chi connectivity index (χ0) is 16.7. The number of aromatic nitrogens is 2. The van der Waals surface area contributed by atoms with Crippen molar-refractivity contribution in [2.75, 3.05) is 0 Å². The standard InChI is InChI=1S/C19H13ClN2O2/c20-14-6-2-1-4-11(14)8-12-5-3-7-15-18(12)13-9-16(19(23)24)21-10-17(13)22-15/h1-7,9-10,22H,8H2,(H,23,24). The van der Waals surface area contributed by atoms with E-state index in [-0.39, 0.29) is 5.69 Å². The molecular formula is C19H13ClN2O2. The summed E-state index contributed by atoms with van der Waals surface area (Å²) in [6.07, 6.45) is 2.24. The first-order valence-electron chi connectivity index (χ1n) is 7.49. The number of nitrogens with one attached hydrogen (secondary N) is 1. The lowest BCUT2D eigenvalue weighted by Gasteiger charge is -2.06. The summed E-state index contributed by atoms with van der Waals surface area (Å²) in [5.41, 5.74) is 3.94. The first-order valence-corrected chi connectivity index (χ1v) is 7.87. The van der Waals surface area contributed by atoms with Gasteiger partial charge in [-0.15, -0.1) is 0 Å². The molecule has 4 rings (SSSR count). The van der Waals surface area contributed by atoms with Crippen LogP contribution in [0.2, 0.25) is 5.02 Å². The minimum Gasteiger partial charge on any atom is -0.477 e. The van der Waals surface area contributed by atoms with E-state index in [1.807, 2.05) is 42.5 Å². The highest BCUT2D eigenvalue weighted by Gasteiger charge is 2.13. The zero-order valence-corrected chi connectivity index (χ0v) is 13.3. The number of nitrogens with zero attached hydrogens (tertiary/aromatic N) is 1. The monoisotopic (exact) mass is 336 g/mol. The second-order valence-electron chi connectivity index (χ2n) is 5.65. The Kier molecular flexibility index (Phi) is 3.47. The van der Waals surface area contributed by atoms with E-state index in [9.17, 15) is 9.90 Å². The van der Waals surface area contributed by atoms with E-state index in [0.717, 1.165) is 38.0 Å². The van der Waals surface area contributed by atoms with Gasteiger partial charge in [0.1, 0.15) is 5.69 Å². The lowest BCUT2D eigenvalue weighted by atomic mass is 9.99. The van der Waals surface area contributed by atoms with Gasteiger partial charge in [0.15, 0.2) is 0 Å². The fourth-order valence-corrected chi connectivity index (χ4v) is 3.24. The van der Waals surface area contributed by atoms with Gasteiger partial charge in [-0.3, -0.25) is 0 Å². The molecule has 2 N–H and O–H groups in total. The third-order valence-electron chi connectivity index (χ3n) is 4.15. The Balaban J connectivity index is 1.95. The van der Waals surface area contributed by atoms with E-state index in [0.29, 0.717) is 6.42 Å². The molecule has 2 heterocycles. The Morgan fingerprint density at radius 2 is 1.88 bits per heavy atom. The van der Waals surface area contributed by atoms with Crippen molar-refractivity contribution < 1.29 is 9.90 Å². The number of hydrogen-bond donors (Lipinski definition) is 2. The number of rotatable bonds is 3. The average molecular weight is 337 g/mol. The number of aromatic amines is 1. The van der Waals surface area contributed by atoms with Gasteiger partial charge in [0.2, 0.25) is 0 Å². The maximum Gasteiger partial charge on any atom is 0.354 e. The molecule has 0 fully saturated rings. The average Bonchev–Trinajstić information content (AvgIpc) is 2.95. The van der Waals surface area contributed by atoms with E-state index < -0.39 is 5.97 Å². The van der Waals surface area contributed by atoms with Crippen molar-refractivity contribution in [1.82, 2.24) is 9.97 Å². The van der Waals surface area contributed by atoms with Crippen LogP contribution in [0.5, 0.6) is 0 Å². The molecule has 0 unspecified atom stereocenters. The van der Waals surface area contributed by atoms with Crippen molar-refractivity contribution in [2.24, 2.45) is 0 Å². The molecule has 0 radical (unpaired) electrons. The Morgan fingerprint density at radius 1 is 1.08 bits per heavy atom. The topological polar surface area (TPSA) is 66.0 Å². The molecule has 0 saturated heterocycles. The molecule has 0 aliphatic rings. The summed E-state index contributed by atoms with van der Waals surface area (Å²) >= 11 is 6.29. The predicted octanol–water partition coefficient (Wildman–Crippen LogP) is 4.66. The second kappa shape index (κ2) is 5.65. The fraction of sp³-hybridized carbons (Fsp3) is 0.0526. The molecule has 5 heteroatoms. The number of benzene rings is 2. The van der Waals surface area contributed by atoms with Crippen LogP contribution in [-0.2, 0) is 6.42 Å². The Hall–Kier alpha value is -2.85. The van der Waals surface area contributed by atoms with Gasteiger partial charge < -0.3 is 10.1 Å². The van der Waals surface area contributed by atoms with Crippen molar-refractivity contribution in [3.8, 4) is 0 Å². The summed E-state index contributed by atoms with van der Waals surface area (Å²) in [6.45, 7) is 0. The maximum atomic E-state index is 11.2. The molecule has 0 atom stereocenters. The zero-order valence-electron chi connectivity index (χ0n) is 12.6. The van der Waals surface area contributed by atoms with E-state index in [4.69, 9.17) is 11.6 Å². The van der Waals surface area contributed by atoms with Crippen LogP contribution in [0.3, 0.4) is 0 Å². The quantitative estimate of drug-likeness (QED) is 0.572. The summed E-state index contributed by atoms with van der Waals surface area (Å²) in [5, 5.41) is 11.8. The van der Waals surface area contributed by atoms with Crippen LogP contribution in [0.15, 0.2) is 54.7 Å². The first kappa shape index (κ1) is 14.7. The number of carboxylic acid groups (broad SMARTS) is 1. The van der Waals surface area contributed by atoms with Crippen LogP contribution >= 0.6 is 11.6 Å². The molecular weight excluding hydrogens is 324 g/mol. The molecule has 2 aromatic heterocycles. The Morgan fingerprint density at radius 3 is 2.67 bits per heavy atom. The van der Waals surface area contributed by atoms with Gasteiger partial charge in [0.05, 0.1) is 11.7 Å². The number of aromatic carboxylic acids is 1. The van der Waals surface area contributed by atoms with Gasteiger partial charge >= 0.3 is 5.97 Å². The first-order chi connectivity index (χ1) is 11.6. The molecule has 0 saturated carbocycles. The number of fused-ring (bicyclic) bond motifs is 3. The molecule has 4 nitrogen and oxygen atoms in total. The van der Waals surface area contributed by atoms with Crippen LogP contribution in [0.1, 0.15) is 21.6 Å². The van der Waals surface area contributed by atoms with Gasteiger partial charge in [0.25, 0.3) is 0 Å². The Labute approximate surface area is 142 Å². The lowest BCUT2D eigenvalue weighted by molar-refractivity contribution is 0.0690. The van der Waals surface area contributed by atoms with E-state index in [2.05, 4.69) is 9.97 Å². The SMILES string of the molecule is O=C(O)c1cc2c(cn1)[nH]c1cccc(Cc3ccccc3Cl)c12. The van der Waals surface area contributed by atoms with Crippen LogP contribution in [0.4, 0.5) is 0 Å². The number of halogens is 1. The molecule has 2 aromatic carbocycles. The highest BCUT2D eigenvalue weighted by atomic mass is 35.5. The summed E-state index contributed by atoms with van der Waals surface area (Å²) < 4.78 is 0. The number of carboxylic acids is 1. The van der Waals surface area contributed by atoms with Crippen LogP contribution in [0, 0.1) is 0 Å². The second-order valence-corrected chi connectivity index (χ2v) is 6.06. The molecule has 4 aromatic rings. The van der Waals surface area contributed by atoms with Crippen molar-refractivity contribution in [1.29, 1.82) is 0 Å². The molecule has 0 bridgehead atoms. The highest BCUT2D eigenvalue weighted by molar-refractivity contribution is 6.31. The molecule has 0 spiro atoms. The maximum absolute atomic E-state index is 11.2. The van der Waals surface area contributed by atoms with Crippen molar-refractivity contribution in [3.63, 3.8) is 0 Å². The smallest absolute Gasteiger partial charge is 0.354 e. The molecule has 24 heavy (non-hydrogen) atoms. The summed E-state index contributed by atoms with van der Waals surface area (Å²) in [7, 11) is 0. The highest BCUT2D eigenvalue weighted by Crippen LogP contribution is 2.31. The lowest BCUT2D eigenvalue weighted by Crippen LogP contribution is -1.99. The number of carbonyl (C=O) groups is 1. The Bertz CT molecular complexity index is 1090. The largest absolute Gasteiger partial charge is 0.477 e. The molecule has 0 amide bonds. The van der Waals surface area contributed by atoms with E-state index >= 15 is 0 Å². The van der Waals surface area contributed by atoms with Crippen molar-refractivity contribution >= 4 is 39.4 Å². The molecule has 118 valence electrons. The minimum absolute atomic E-state index is 0.0379. The minimum atomic E-state index is -1.03. The number of H-pyrrole nitrogens is 1. The van der Waals surface area contributed by atoms with Gasteiger partial charge in [0, 0.05) is 21.3 Å². The van der Waals surface area contributed by atoms with Gasteiger partial charge in [-0.1, -0.05) is 41.9 Å². The fourth-order valence-electron chi connectivity index (χ4n) is 3.04. The van der Waals surface area contributed by atoms with Gasteiger partial charge in [-0.05, 0) is 35.7 Å². The van der Waals surface area contributed by atoms with Crippen LogP contribution in [0.25, 0.3) is 21.8 Å². The van der Waals surface area contributed by atoms with E-state index in [1.54, 1.807) is 12.3 Å². The van der Waals surface area contributed by atoms with E-state index in [1.165, 1.54) is 0 Å². The summed E-state index contributed by atoms with van der Waals surface area (Å²) in [6, 6.07) is 15.4. The van der Waals surface area contributed by atoms with Crippen molar-refractivity contribution in [2.45, 2.75) is 6.42 Å². The van der Waals surface area contributed by atoms with Crippen LogP contribution in [-0.4, -0.2) is 21.0 Å². The molecule has 0 aliphatic carbocycles. The predicted molar refractivity (Wildman–Crippen MR) is 94.8 cm³/mol. The van der Waals surface area contributed by atoms with Gasteiger partial charge in [-0.2, -0.15) is 0 Å². The summed E-state index contributed by atoms with van der Waals surface area (Å²) in [4.78, 5) is 18.5. The molecule has 0 aliphatic heterocycles.